The van der Waals surface area contributed by atoms with Crippen LogP contribution in [0.5, 0.6) is 5.75 Å². The van der Waals surface area contributed by atoms with E-state index in [4.69, 9.17) is 14.0 Å². The van der Waals surface area contributed by atoms with Gasteiger partial charge in [0, 0.05) is 11.5 Å². The second-order valence-electron chi connectivity index (χ2n) is 8.46. The van der Waals surface area contributed by atoms with Crippen molar-refractivity contribution in [1.82, 2.24) is 0 Å². The molecule has 0 saturated carbocycles. The van der Waals surface area contributed by atoms with E-state index in [2.05, 4.69) is 26.0 Å². The van der Waals surface area contributed by atoms with Gasteiger partial charge in [0.15, 0.2) is 0 Å². The lowest BCUT2D eigenvalue weighted by Crippen LogP contribution is -2.41. The minimum absolute atomic E-state index is 0.388. The third kappa shape index (κ3) is 4.20. The van der Waals surface area contributed by atoms with Crippen LogP contribution < -0.4 is 10.2 Å². The highest BCUT2D eigenvalue weighted by molar-refractivity contribution is 6.62. The molecule has 0 amide bonds. The molecule has 1 fully saturated rings. The second-order valence-corrected chi connectivity index (χ2v) is 8.46. The van der Waals surface area contributed by atoms with Gasteiger partial charge in [-0.1, -0.05) is 44.2 Å². The maximum atomic E-state index is 14.6. The lowest BCUT2D eigenvalue weighted by molar-refractivity contribution is 0.00578. The summed E-state index contributed by atoms with van der Waals surface area (Å²) in [5.41, 5.74) is 1.73. The standard InChI is InChI=1S/C22H28BFO3/c1-15(2)17-9-7-16(8-10-17)14-25-18-11-12-19(20(24)13-18)23-26-21(3,4)22(5,6)27-23/h7-13,15H,14H2,1-6H3. The summed E-state index contributed by atoms with van der Waals surface area (Å²) in [6.07, 6.45) is 0. The first-order valence-corrected chi connectivity index (χ1v) is 9.46. The lowest BCUT2D eigenvalue weighted by atomic mass is 9.78. The van der Waals surface area contributed by atoms with Gasteiger partial charge in [0.25, 0.3) is 0 Å². The maximum absolute atomic E-state index is 14.6. The predicted octanol–water partition coefficient (Wildman–Crippen LogP) is 4.83. The summed E-state index contributed by atoms with van der Waals surface area (Å²) in [5, 5.41) is 0. The monoisotopic (exact) mass is 370 g/mol. The SMILES string of the molecule is CC(C)c1ccc(COc2ccc(B3OC(C)(C)C(C)(C)O3)c(F)c2)cc1. The highest BCUT2D eigenvalue weighted by atomic mass is 19.1. The molecule has 144 valence electrons. The normalized spacial score (nSPS) is 18.1. The van der Waals surface area contributed by atoms with Crippen molar-refractivity contribution in [3.05, 3.63) is 59.4 Å². The molecule has 0 N–H and O–H groups in total. The molecule has 5 heteroatoms. The van der Waals surface area contributed by atoms with Gasteiger partial charge in [0.2, 0.25) is 0 Å². The van der Waals surface area contributed by atoms with E-state index in [1.165, 1.54) is 11.6 Å². The number of rotatable bonds is 5. The third-order valence-electron chi connectivity index (χ3n) is 5.53. The quantitative estimate of drug-likeness (QED) is 0.706. The van der Waals surface area contributed by atoms with Crippen molar-refractivity contribution in [2.45, 2.75) is 65.3 Å². The Morgan fingerprint density at radius 3 is 2.07 bits per heavy atom. The Hall–Kier alpha value is -1.85. The van der Waals surface area contributed by atoms with Crippen LogP contribution in [-0.2, 0) is 15.9 Å². The number of ether oxygens (including phenoxy) is 1. The number of hydrogen-bond acceptors (Lipinski definition) is 3. The molecular formula is C22H28BFO3. The van der Waals surface area contributed by atoms with E-state index in [0.29, 0.717) is 23.7 Å². The van der Waals surface area contributed by atoms with Crippen LogP contribution in [0, 0.1) is 5.82 Å². The first-order chi connectivity index (χ1) is 12.6. The molecule has 1 heterocycles. The molecule has 0 atom stereocenters. The molecule has 3 rings (SSSR count). The molecule has 0 aliphatic carbocycles. The van der Waals surface area contributed by atoms with Crippen LogP contribution in [0.2, 0.25) is 0 Å². The van der Waals surface area contributed by atoms with Gasteiger partial charge in [0.1, 0.15) is 18.2 Å². The Bertz CT molecular complexity index is 784. The zero-order valence-corrected chi connectivity index (χ0v) is 17.0. The summed E-state index contributed by atoms with van der Waals surface area (Å²) >= 11 is 0. The van der Waals surface area contributed by atoms with Crippen LogP contribution in [0.3, 0.4) is 0 Å². The first kappa shape index (κ1) is 19.9. The van der Waals surface area contributed by atoms with E-state index in [0.717, 1.165) is 5.56 Å². The summed E-state index contributed by atoms with van der Waals surface area (Å²) in [4.78, 5) is 0. The second kappa shape index (κ2) is 7.29. The number of benzene rings is 2. The molecule has 0 spiro atoms. The van der Waals surface area contributed by atoms with E-state index in [1.807, 2.05) is 39.8 Å². The van der Waals surface area contributed by atoms with Gasteiger partial charge in [-0.2, -0.15) is 0 Å². The minimum atomic E-state index is -0.715. The Labute approximate surface area is 162 Å². The average molecular weight is 370 g/mol. The van der Waals surface area contributed by atoms with Crippen molar-refractivity contribution in [1.29, 1.82) is 0 Å². The van der Waals surface area contributed by atoms with E-state index in [9.17, 15) is 4.39 Å². The van der Waals surface area contributed by atoms with Crippen LogP contribution in [0.1, 0.15) is 58.6 Å². The lowest BCUT2D eigenvalue weighted by Gasteiger charge is -2.32. The van der Waals surface area contributed by atoms with E-state index < -0.39 is 18.3 Å². The smallest absolute Gasteiger partial charge is 0.489 e. The van der Waals surface area contributed by atoms with Crippen molar-refractivity contribution in [2.24, 2.45) is 0 Å². The highest BCUT2D eigenvalue weighted by Crippen LogP contribution is 2.36. The third-order valence-corrected chi connectivity index (χ3v) is 5.53. The van der Waals surface area contributed by atoms with Crippen LogP contribution in [-0.4, -0.2) is 18.3 Å². The van der Waals surface area contributed by atoms with Gasteiger partial charge in [-0.05, 0) is 50.8 Å². The molecule has 0 unspecified atom stereocenters. The molecule has 3 nitrogen and oxygen atoms in total. The van der Waals surface area contributed by atoms with Crippen molar-refractivity contribution >= 4 is 12.6 Å². The van der Waals surface area contributed by atoms with Crippen molar-refractivity contribution in [3.63, 3.8) is 0 Å². The Balaban J connectivity index is 1.67. The Morgan fingerprint density at radius 2 is 1.56 bits per heavy atom. The van der Waals surface area contributed by atoms with E-state index in [-0.39, 0.29) is 5.82 Å². The Kier molecular flexibility index (Phi) is 5.37. The first-order valence-electron chi connectivity index (χ1n) is 9.46. The minimum Gasteiger partial charge on any atom is -0.489 e. The molecule has 1 aliphatic rings. The number of halogens is 1. The van der Waals surface area contributed by atoms with Gasteiger partial charge in [0.05, 0.1) is 11.2 Å². The van der Waals surface area contributed by atoms with Crippen LogP contribution >= 0.6 is 0 Å². The fourth-order valence-corrected chi connectivity index (χ4v) is 2.92. The maximum Gasteiger partial charge on any atom is 0.497 e. The van der Waals surface area contributed by atoms with Gasteiger partial charge < -0.3 is 14.0 Å². The van der Waals surface area contributed by atoms with Crippen molar-refractivity contribution in [3.8, 4) is 5.75 Å². The largest absolute Gasteiger partial charge is 0.497 e. The summed E-state index contributed by atoms with van der Waals surface area (Å²) in [7, 11) is -0.715. The van der Waals surface area contributed by atoms with Crippen molar-refractivity contribution in [2.75, 3.05) is 0 Å². The van der Waals surface area contributed by atoms with E-state index in [1.54, 1.807) is 12.1 Å². The molecule has 2 aromatic carbocycles. The molecule has 0 radical (unpaired) electrons. The van der Waals surface area contributed by atoms with E-state index >= 15 is 0 Å². The molecule has 2 aromatic rings. The molecule has 1 saturated heterocycles. The summed E-state index contributed by atoms with van der Waals surface area (Å²) in [6.45, 7) is 12.5. The average Bonchev–Trinajstić information content (AvgIpc) is 2.81. The predicted molar refractivity (Wildman–Crippen MR) is 107 cm³/mol. The zero-order chi connectivity index (χ0) is 19.8. The topological polar surface area (TPSA) is 27.7 Å². The molecular weight excluding hydrogens is 342 g/mol. The van der Waals surface area contributed by atoms with Crippen LogP contribution in [0.15, 0.2) is 42.5 Å². The molecule has 1 aliphatic heterocycles. The number of hydrogen-bond donors (Lipinski definition) is 0. The fourth-order valence-electron chi connectivity index (χ4n) is 2.92. The van der Waals surface area contributed by atoms with Gasteiger partial charge in [-0.25, -0.2) is 4.39 Å². The van der Waals surface area contributed by atoms with Gasteiger partial charge in [-0.3, -0.25) is 0 Å². The Morgan fingerprint density at radius 1 is 0.963 bits per heavy atom. The summed E-state index contributed by atoms with van der Waals surface area (Å²) in [5.74, 6) is 0.596. The highest BCUT2D eigenvalue weighted by Gasteiger charge is 2.52. The fraction of sp³-hybridized carbons (Fsp3) is 0.455. The summed E-state index contributed by atoms with van der Waals surface area (Å²) in [6, 6.07) is 13.1. The molecule has 27 heavy (non-hydrogen) atoms. The molecule has 0 bridgehead atoms. The summed E-state index contributed by atoms with van der Waals surface area (Å²) < 4.78 is 32.2. The van der Waals surface area contributed by atoms with Crippen molar-refractivity contribution < 1.29 is 18.4 Å². The zero-order valence-electron chi connectivity index (χ0n) is 17.0. The van der Waals surface area contributed by atoms with Crippen LogP contribution in [0.4, 0.5) is 4.39 Å². The van der Waals surface area contributed by atoms with Gasteiger partial charge in [-0.15, -0.1) is 0 Å². The van der Waals surface area contributed by atoms with Crippen LogP contribution in [0.25, 0.3) is 0 Å². The van der Waals surface area contributed by atoms with Gasteiger partial charge >= 0.3 is 7.12 Å². The molecule has 0 aromatic heterocycles.